The van der Waals surface area contributed by atoms with Crippen molar-refractivity contribution in [1.82, 2.24) is 20.4 Å². The van der Waals surface area contributed by atoms with Crippen LogP contribution in [0.5, 0.6) is 0 Å². The number of rotatable bonds is 4. The first-order valence-electron chi connectivity index (χ1n) is 8.29. The Morgan fingerprint density at radius 2 is 2.38 bits per heavy atom. The average Bonchev–Trinajstić information content (AvgIpc) is 3.29. The third-order valence-electron chi connectivity index (χ3n) is 4.71. The number of nitrogens with zero attached hydrogens (tertiary/aromatic N) is 3. The summed E-state index contributed by atoms with van der Waals surface area (Å²) < 4.78 is 5.19. The van der Waals surface area contributed by atoms with E-state index in [0.29, 0.717) is 28.9 Å². The first-order valence-corrected chi connectivity index (χ1v) is 9.65. The van der Waals surface area contributed by atoms with E-state index in [0.717, 1.165) is 12.0 Å². The number of fused-ring (bicyclic) bond motifs is 1. The summed E-state index contributed by atoms with van der Waals surface area (Å²) in [6.45, 7) is 2.14. The summed E-state index contributed by atoms with van der Waals surface area (Å²) in [5.41, 5.74) is 0.740. The van der Waals surface area contributed by atoms with Gasteiger partial charge in [0.05, 0.1) is 11.4 Å². The smallest absolute Gasteiger partial charge is 0.246 e. The highest BCUT2D eigenvalue weighted by Gasteiger charge is 2.52. The number of carbonyl (C=O) groups excluding carboxylic acids is 2. The second-order valence-corrected chi connectivity index (χ2v) is 8.44. The van der Waals surface area contributed by atoms with Crippen molar-refractivity contribution in [3.8, 4) is 11.4 Å². The van der Waals surface area contributed by atoms with Crippen molar-refractivity contribution in [2.24, 2.45) is 0 Å². The quantitative estimate of drug-likeness (QED) is 0.859. The number of hydrogen-bond acceptors (Lipinski definition) is 6. The van der Waals surface area contributed by atoms with Crippen molar-refractivity contribution in [3.05, 3.63) is 35.2 Å². The standard InChI is InChI=1S/C17H17ClN4O3S/c1-17-6-5-14(23)22(17)12(9-26-17)16(24)19-8-13-20-15(21-25-13)10-3-2-4-11(18)7-10/h2-4,7,12H,5-6,8-9H2,1H3,(H,19,24). The molecule has 0 radical (unpaired) electrons. The number of nitrogens with one attached hydrogen (secondary N) is 1. The van der Waals surface area contributed by atoms with Crippen molar-refractivity contribution in [2.45, 2.75) is 37.2 Å². The zero-order valence-electron chi connectivity index (χ0n) is 14.1. The number of halogens is 1. The lowest BCUT2D eigenvalue weighted by atomic mass is 10.2. The summed E-state index contributed by atoms with van der Waals surface area (Å²) in [6.07, 6.45) is 1.28. The van der Waals surface area contributed by atoms with Gasteiger partial charge in [-0.25, -0.2) is 0 Å². The van der Waals surface area contributed by atoms with Gasteiger partial charge < -0.3 is 14.7 Å². The fourth-order valence-corrected chi connectivity index (χ4v) is 4.99. The van der Waals surface area contributed by atoms with Crippen LogP contribution in [0.2, 0.25) is 5.02 Å². The third-order valence-corrected chi connectivity index (χ3v) is 6.45. The van der Waals surface area contributed by atoms with Crippen LogP contribution in [0.15, 0.2) is 28.8 Å². The Bertz CT molecular complexity index is 873. The molecule has 2 fully saturated rings. The molecule has 0 spiro atoms. The molecule has 2 aliphatic heterocycles. The Labute approximate surface area is 159 Å². The molecular weight excluding hydrogens is 376 g/mol. The number of carbonyl (C=O) groups is 2. The number of hydrogen-bond donors (Lipinski definition) is 1. The summed E-state index contributed by atoms with van der Waals surface area (Å²) in [7, 11) is 0. The minimum absolute atomic E-state index is 0.0404. The summed E-state index contributed by atoms with van der Waals surface area (Å²) in [5.74, 6) is 1.16. The number of amides is 2. The van der Waals surface area contributed by atoms with Crippen LogP contribution in [0.4, 0.5) is 0 Å². The van der Waals surface area contributed by atoms with E-state index in [1.807, 2.05) is 13.0 Å². The van der Waals surface area contributed by atoms with Gasteiger partial charge in [-0.05, 0) is 25.5 Å². The highest BCUT2D eigenvalue weighted by Crippen LogP contribution is 2.47. The van der Waals surface area contributed by atoms with E-state index in [1.165, 1.54) is 0 Å². The van der Waals surface area contributed by atoms with Crippen LogP contribution in [0, 0.1) is 0 Å². The van der Waals surface area contributed by atoms with Gasteiger partial charge in [0.25, 0.3) is 0 Å². The van der Waals surface area contributed by atoms with Crippen LogP contribution in [0.25, 0.3) is 11.4 Å². The highest BCUT2D eigenvalue weighted by molar-refractivity contribution is 8.01. The van der Waals surface area contributed by atoms with E-state index in [2.05, 4.69) is 15.5 Å². The predicted octanol–water partition coefficient (Wildman–Crippen LogP) is 2.46. The summed E-state index contributed by atoms with van der Waals surface area (Å²) >= 11 is 7.63. The average molecular weight is 393 g/mol. The van der Waals surface area contributed by atoms with E-state index in [4.69, 9.17) is 16.1 Å². The normalized spacial score (nSPS) is 24.8. The van der Waals surface area contributed by atoms with Gasteiger partial charge >= 0.3 is 0 Å². The molecule has 0 saturated carbocycles. The molecule has 136 valence electrons. The summed E-state index contributed by atoms with van der Waals surface area (Å²) in [5, 5.41) is 7.30. The SMILES string of the molecule is CC12CCC(=O)N1C(C(=O)NCc1nc(-c3cccc(Cl)c3)no1)CS2. The van der Waals surface area contributed by atoms with Gasteiger partial charge in [-0.2, -0.15) is 4.98 Å². The Kier molecular flexibility index (Phi) is 4.40. The second-order valence-electron chi connectivity index (χ2n) is 6.51. The lowest BCUT2D eigenvalue weighted by Crippen LogP contribution is -2.49. The topological polar surface area (TPSA) is 88.3 Å². The minimum Gasteiger partial charge on any atom is -0.345 e. The number of aromatic nitrogens is 2. The summed E-state index contributed by atoms with van der Waals surface area (Å²) in [4.78, 5) is 30.4. The number of thioether (sulfide) groups is 1. The zero-order chi connectivity index (χ0) is 18.3. The molecule has 9 heteroatoms. The van der Waals surface area contributed by atoms with Gasteiger partial charge in [0.15, 0.2) is 0 Å². The van der Waals surface area contributed by atoms with E-state index in [9.17, 15) is 9.59 Å². The molecule has 1 aromatic heterocycles. The van der Waals surface area contributed by atoms with Gasteiger partial charge in [-0.3, -0.25) is 9.59 Å². The molecule has 2 aromatic rings. The molecule has 7 nitrogen and oxygen atoms in total. The molecule has 1 aromatic carbocycles. The van der Waals surface area contributed by atoms with Crippen LogP contribution < -0.4 is 5.32 Å². The van der Waals surface area contributed by atoms with Gasteiger partial charge in [0, 0.05) is 22.8 Å². The molecule has 0 bridgehead atoms. The molecule has 2 aliphatic rings. The van der Waals surface area contributed by atoms with Crippen LogP contribution >= 0.6 is 23.4 Å². The fourth-order valence-electron chi connectivity index (χ4n) is 3.37. The zero-order valence-corrected chi connectivity index (χ0v) is 15.6. The third kappa shape index (κ3) is 3.07. The molecule has 1 N–H and O–H groups in total. The molecular formula is C17H17ClN4O3S. The molecule has 2 atom stereocenters. The van der Waals surface area contributed by atoms with Crippen LogP contribution in [-0.4, -0.2) is 43.5 Å². The van der Waals surface area contributed by atoms with Crippen LogP contribution in [0.1, 0.15) is 25.7 Å². The van der Waals surface area contributed by atoms with Crippen molar-refractivity contribution < 1.29 is 14.1 Å². The Morgan fingerprint density at radius 1 is 1.54 bits per heavy atom. The molecule has 0 aliphatic carbocycles. The van der Waals surface area contributed by atoms with Crippen molar-refractivity contribution >= 4 is 35.2 Å². The number of benzene rings is 1. The monoisotopic (exact) mass is 392 g/mol. The fraction of sp³-hybridized carbons (Fsp3) is 0.412. The summed E-state index contributed by atoms with van der Waals surface area (Å²) in [6, 6.07) is 6.69. The lowest BCUT2D eigenvalue weighted by Gasteiger charge is -2.29. The second kappa shape index (κ2) is 6.59. The maximum atomic E-state index is 12.5. The van der Waals surface area contributed by atoms with Crippen molar-refractivity contribution in [2.75, 3.05) is 5.75 Å². The van der Waals surface area contributed by atoms with Gasteiger partial charge in [0.2, 0.25) is 23.5 Å². The van der Waals surface area contributed by atoms with Gasteiger partial charge in [0.1, 0.15) is 6.04 Å². The van der Waals surface area contributed by atoms with E-state index in [1.54, 1.807) is 34.9 Å². The first kappa shape index (κ1) is 17.4. The van der Waals surface area contributed by atoms with E-state index >= 15 is 0 Å². The molecule has 26 heavy (non-hydrogen) atoms. The Balaban J connectivity index is 1.40. The van der Waals surface area contributed by atoms with E-state index < -0.39 is 6.04 Å². The van der Waals surface area contributed by atoms with Crippen LogP contribution in [-0.2, 0) is 16.1 Å². The van der Waals surface area contributed by atoms with Gasteiger partial charge in [-0.15, -0.1) is 11.8 Å². The molecule has 2 saturated heterocycles. The molecule has 2 amide bonds. The Morgan fingerprint density at radius 3 is 3.19 bits per heavy atom. The lowest BCUT2D eigenvalue weighted by molar-refractivity contribution is -0.138. The minimum atomic E-state index is -0.449. The first-order chi connectivity index (χ1) is 12.5. The van der Waals surface area contributed by atoms with Gasteiger partial charge in [-0.1, -0.05) is 28.9 Å². The predicted molar refractivity (Wildman–Crippen MR) is 97.3 cm³/mol. The molecule has 3 heterocycles. The maximum absolute atomic E-state index is 12.5. The molecule has 4 rings (SSSR count). The largest absolute Gasteiger partial charge is 0.345 e. The van der Waals surface area contributed by atoms with Crippen molar-refractivity contribution in [3.63, 3.8) is 0 Å². The van der Waals surface area contributed by atoms with E-state index in [-0.39, 0.29) is 23.2 Å². The van der Waals surface area contributed by atoms with Crippen LogP contribution in [0.3, 0.4) is 0 Å². The maximum Gasteiger partial charge on any atom is 0.246 e. The Hall–Kier alpha value is -2.06. The highest BCUT2D eigenvalue weighted by atomic mass is 35.5. The molecule has 2 unspecified atom stereocenters. The van der Waals surface area contributed by atoms with Crippen molar-refractivity contribution in [1.29, 1.82) is 0 Å².